The van der Waals surface area contributed by atoms with Gasteiger partial charge in [0.15, 0.2) is 4.87 Å². The van der Waals surface area contributed by atoms with Crippen LogP contribution in [0.15, 0.2) is 0 Å². The predicted octanol–water partition coefficient (Wildman–Crippen LogP) is 4.83. The van der Waals surface area contributed by atoms with Crippen LogP contribution in [0.1, 0.15) is 0 Å². The van der Waals surface area contributed by atoms with Crippen LogP contribution in [0.5, 0.6) is 0 Å². The number of alkyl halides is 9. The molecule has 0 saturated carbocycles. The van der Waals surface area contributed by atoms with Crippen LogP contribution in [-0.2, 0) is 0 Å². The van der Waals surface area contributed by atoms with Crippen molar-refractivity contribution >= 4 is 104 Å². The van der Waals surface area contributed by atoms with Crippen molar-refractivity contribution in [2.75, 3.05) is 0 Å². The summed E-state index contributed by atoms with van der Waals surface area (Å²) in [5, 5.41) is 9.30. The topological polar surface area (TPSA) is 20.2 Å². The highest BCUT2D eigenvalue weighted by atomic mass is 35.6. The Labute approximate surface area is 125 Å². The number of rotatable bonds is 1. The zero-order valence-corrected chi connectivity index (χ0v) is 12.7. The molecule has 0 bridgehead atoms. The molecule has 1 nitrogen and oxygen atoms in total. The molecule has 10 heteroatoms. The summed E-state index contributed by atoms with van der Waals surface area (Å²) in [6, 6.07) is 0. The molecule has 0 rings (SSSR count). The Hall–Kier alpha value is 2.57. The summed E-state index contributed by atoms with van der Waals surface area (Å²) in [4.78, 5) is -2.54. The third kappa shape index (κ3) is 3.07. The summed E-state index contributed by atoms with van der Waals surface area (Å²) in [6.45, 7) is 0. The number of hydrogen-bond donors (Lipinski definition) is 1. The first-order chi connectivity index (χ1) is 5.75. The molecule has 0 saturated heterocycles. The number of halogens is 9. The van der Waals surface area contributed by atoms with Gasteiger partial charge in [-0.25, -0.2) is 0 Å². The van der Waals surface area contributed by atoms with Gasteiger partial charge < -0.3 is 5.11 Å². The van der Waals surface area contributed by atoms with Crippen molar-refractivity contribution in [3.63, 3.8) is 0 Å². The molecule has 0 radical (unpaired) electrons. The van der Waals surface area contributed by atoms with Crippen LogP contribution in [0, 0.1) is 0 Å². The van der Waals surface area contributed by atoms with E-state index in [-0.39, 0.29) is 0 Å². The largest absolute Gasteiger partial charge is 0.361 e. The quantitative estimate of drug-likeness (QED) is 0.643. The third-order valence-corrected chi connectivity index (χ3v) is 5.08. The molecule has 0 aromatic heterocycles. The van der Waals surface area contributed by atoms with Crippen molar-refractivity contribution in [1.29, 1.82) is 0 Å². The Bertz CT molecular complexity index is 170. The standard InChI is InChI=1S/C4HCl9O/c5-1(2(6,7)8,3(9,10)11)4(12,13)14/h14H. The van der Waals surface area contributed by atoms with Gasteiger partial charge in [0.2, 0.25) is 12.1 Å². The van der Waals surface area contributed by atoms with Crippen LogP contribution in [-0.4, -0.2) is 22.1 Å². The van der Waals surface area contributed by atoms with Crippen molar-refractivity contribution in [3.8, 4) is 0 Å². The van der Waals surface area contributed by atoms with Gasteiger partial charge in [-0.3, -0.25) is 0 Å². The smallest absolute Gasteiger partial charge is 0.243 e. The van der Waals surface area contributed by atoms with E-state index in [1.807, 2.05) is 0 Å². The third-order valence-electron chi connectivity index (χ3n) is 1.20. The predicted molar refractivity (Wildman–Crippen MR) is 65.8 cm³/mol. The second-order valence-electron chi connectivity index (χ2n) is 2.20. The van der Waals surface area contributed by atoms with Gasteiger partial charge in [0, 0.05) is 0 Å². The van der Waals surface area contributed by atoms with Crippen molar-refractivity contribution in [3.05, 3.63) is 0 Å². The highest BCUT2D eigenvalue weighted by Crippen LogP contribution is 2.62. The fourth-order valence-corrected chi connectivity index (χ4v) is 3.76. The summed E-state index contributed by atoms with van der Waals surface area (Å²) in [7, 11) is 0. The van der Waals surface area contributed by atoms with E-state index in [1.165, 1.54) is 0 Å². The molecule has 0 aromatic carbocycles. The fourth-order valence-electron chi connectivity index (χ4n) is 0.502. The van der Waals surface area contributed by atoms with Gasteiger partial charge in [-0.05, 0) is 0 Å². The van der Waals surface area contributed by atoms with Gasteiger partial charge in [-0.2, -0.15) is 0 Å². The number of hydrogen-bond acceptors (Lipinski definition) is 1. The minimum absolute atomic E-state index is 2.40. The Kier molecular flexibility index (Phi) is 5.54. The zero-order chi connectivity index (χ0) is 12.0. The normalized spacial score (nSPS) is 15.9. The van der Waals surface area contributed by atoms with E-state index in [0.717, 1.165) is 0 Å². The van der Waals surface area contributed by atoms with Crippen molar-refractivity contribution < 1.29 is 5.11 Å². The zero-order valence-electron chi connectivity index (χ0n) is 5.85. The van der Waals surface area contributed by atoms with Crippen LogP contribution in [0.3, 0.4) is 0 Å². The summed E-state index contributed by atoms with van der Waals surface area (Å²) in [5.41, 5.74) is 0. The molecule has 0 aliphatic heterocycles. The van der Waals surface area contributed by atoms with Crippen molar-refractivity contribution in [1.82, 2.24) is 0 Å². The lowest BCUT2D eigenvalue weighted by molar-refractivity contribution is 0.163. The molecule has 1 N–H and O–H groups in total. The Balaban J connectivity index is 5.54. The summed E-state index contributed by atoms with van der Waals surface area (Å²) in [5.74, 6) is 0. The molecule has 0 heterocycles. The van der Waals surface area contributed by atoms with Gasteiger partial charge in [0.1, 0.15) is 0 Å². The first-order valence-electron chi connectivity index (χ1n) is 2.67. The highest BCUT2D eigenvalue weighted by Gasteiger charge is 2.70. The molecule has 0 unspecified atom stereocenters. The maximum Gasteiger partial charge on any atom is 0.243 e. The lowest BCUT2D eigenvalue weighted by Gasteiger charge is -2.43. The van der Waals surface area contributed by atoms with E-state index in [0.29, 0.717) is 0 Å². The van der Waals surface area contributed by atoms with E-state index in [1.54, 1.807) is 0 Å². The maximum absolute atomic E-state index is 9.30. The van der Waals surface area contributed by atoms with Crippen molar-refractivity contribution in [2.24, 2.45) is 0 Å². The molecule has 0 aromatic rings. The number of aliphatic hydroxyl groups is 1. The molecule has 0 fully saturated rings. The Morgan fingerprint density at radius 1 is 0.571 bits per heavy atom. The lowest BCUT2D eigenvalue weighted by Crippen LogP contribution is -2.60. The maximum atomic E-state index is 9.30. The van der Waals surface area contributed by atoms with Gasteiger partial charge in [0.25, 0.3) is 0 Å². The molecular formula is C4HCl9O. The van der Waals surface area contributed by atoms with E-state index >= 15 is 0 Å². The molecule has 86 valence electrons. The fraction of sp³-hybridized carbons (Fsp3) is 1.00. The average molecular weight is 384 g/mol. The van der Waals surface area contributed by atoms with Gasteiger partial charge in [0.05, 0.1) is 0 Å². The first-order valence-corrected chi connectivity index (χ1v) is 6.08. The Morgan fingerprint density at radius 3 is 0.786 bits per heavy atom. The van der Waals surface area contributed by atoms with Crippen LogP contribution in [0.25, 0.3) is 0 Å². The van der Waals surface area contributed by atoms with Crippen LogP contribution < -0.4 is 0 Å². The summed E-state index contributed by atoms with van der Waals surface area (Å²) >= 11 is 48.8. The minimum atomic E-state index is -2.76. The van der Waals surface area contributed by atoms with Crippen LogP contribution in [0.4, 0.5) is 0 Å². The van der Waals surface area contributed by atoms with Gasteiger partial charge in [-0.15, -0.1) is 11.6 Å². The minimum Gasteiger partial charge on any atom is -0.361 e. The first kappa shape index (κ1) is 16.6. The second-order valence-corrected chi connectivity index (χ2v) is 8.61. The Morgan fingerprint density at radius 2 is 0.786 bits per heavy atom. The molecule has 0 aliphatic carbocycles. The average Bonchev–Trinajstić information content (AvgIpc) is 1.77. The van der Waals surface area contributed by atoms with E-state index in [2.05, 4.69) is 0 Å². The van der Waals surface area contributed by atoms with E-state index in [4.69, 9.17) is 104 Å². The van der Waals surface area contributed by atoms with Crippen LogP contribution >= 0.6 is 104 Å². The van der Waals surface area contributed by atoms with E-state index < -0.39 is 17.0 Å². The molecule has 0 spiro atoms. The van der Waals surface area contributed by atoms with Gasteiger partial charge >= 0.3 is 0 Å². The van der Waals surface area contributed by atoms with Crippen LogP contribution in [0.2, 0.25) is 0 Å². The monoisotopic (exact) mass is 380 g/mol. The van der Waals surface area contributed by atoms with E-state index in [9.17, 15) is 5.11 Å². The molecule has 0 amide bonds. The lowest BCUT2D eigenvalue weighted by atomic mass is 10.2. The van der Waals surface area contributed by atoms with Crippen molar-refractivity contribution in [2.45, 2.75) is 17.0 Å². The summed E-state index contributed by atoms with van der Waals surface area (Å²) in [6.07, 6.45) is 0. The molecular weight excluding hydrogens is 383 g/mol. The highest BCUT2D eigenvalue weighted by molar-refractivity contribution is 6.79. The second kappa shape index (κ2) is 4.68. The molecule has 0 aliphatic rings. The van der Waals surface area contributed by atoms with Gasteiger partial charge in [-0.1, -0.05) is 92.8 Å². The SMILES string of the molecule is OC(Cl)(Cl)C(Cl)(C(Cl)(Cl)Cl)C(Cl)(Cl)Cl. The molecule has 14 heavy (non-hydrogen) atoms. The molecule has 0 atom stereocenters. The summed E-state index contributed by atoms with van der Waals surface area (Å²) < 4.78 is -7.57.